The van der Waals surface area contributed by atoms with Crippen LogP contribution in [0.4, 0.5) is 11.6 Å². The number of anilines is 1. The van der Waals surface area contributed by atoms with Crippen molar-refractivity contribution in [3.63, 3.8) is 0 Å². The highest BCUT2D eigenvalue weighted by molar-refractivity contribution is 5.48. The Labute approximate surface area is 130 Å². The highest BCUT2D eigenvalue weighted by Crippen LogP contribution is 2.28. The molecule has 3 heterocycles. The molecule has 116 valence electrons. The quantitative estimate of drug-likeness (QED) is 0.585. The average molecular weight is 311 g/mol. The summed E-state index contributed by atoms with van der Waals surface area (Å²) in [4.78, 5) is 14.4. The smallest absolute Gasteiger partial charge is 0.368 e. The molecule has 1 aliphatic heterocycles. The maximum atomic E-state index is 10.9. The molecule has 8 nitrogen and oxygen atoms in total. The van der Waals surface area contributed by atoms with Gasteiger partial charge in [-0.3, -0.25) is 0 Å². The summed E-state index contributed by atoms with van der Waals surface area (Å²) >= 11 is 0. The van der Waals surface area contributed by atoms with Gasteiger partial charge in [0.1, 0.15) is 18.1 Å². The molecule has 4 rings (SSSR count). The molecule has 2 aromatic heterocycles. The van der Waals surface area contributed by atoms with E-state index in [-0.39, 0.29) is 11.9 Å². The van der Waals surface area contributed by atoms with Crippen molar-refractivity contribution in [3.05, 3.63) is 58.3 Å². The van der Waals surface area contributed by atoms with Gasteiger partial charge in [0.05, 0.1) is 6.54 Å². The van der Waals surface area contributed by atoms with Crippen LogP contribution in [0.15, 0.2) is 42.6 Å². The molecular weight excluding hydrogens is 298 g/mol. The van der Waals surface area contributed by atoms with Crippen LogP contribution in [0.3, 0.4) is 0 Å². The SMILES string of the molecule is O=[N+]([O-])c1cnc2ccc(NCC3Cc4ccccc4O3)nn12. The van der Waals surface area contributed by atoms with Crippen LogP contribution in [0, 0.1) is 10.1 Å². The zero-order chi connectivity index (χ0) is 15.8. The zero-order valence-electron chi connectivity index (χ0n) is 12.0. The Hall–Kier alpha value is -3.16. The molecule has 0 bridgehead atoms. The van der Waals surface area contributed by atoms with E-state index in [4.69, 9.17) is 4.74 Å². The van der Waals surface area contributed by atoms with E-state index in [0.29, 0.717) is 18.0 Å². The lowest BCUT2D eigenvalue weighted by molar-refractivity contribution is -0.391. The fourth-order valence-electron chi connectivity index (χ4n) is 2.67. The molecule has 0 saturated carbocycles. The fraction of sp³-hybridized carbons (Fsp3) is 0.200. The first-order valence-corrected chi connectivity index (χ1v) is 7.18. The standard InChI is InChI=1S/C15H13N5O3/c21-20(22)15-9-17-14-6-5-13(18-19(14)15)16-8-11-7-10-3-1-2-4-12(10)23-11/h1-6,9,11H,7-8H2,(H,16,18). The van der Waals surface area contributed by atoms with Crippen molar-refractivity contribution in [2.45, 2.75) is 12.5 Å². The molecule has 3 aromatic rings. The Morgan fingerprint density at radius 3 is 3.04 bits per heavy atom. The number of rotatable bonds is 4. The zero-order valence-corrected chi connectivity index (χ0v) is 12.0. The van der Waals surface area contributed by atoms with E-state index in [0.717, 1.165) is 12.2 Å². The van der Waals surface area contributed by atoms with E-state index in [1.54, 1.807) is 12.1 Å². The summed E-state index contributed by atoms with van der Waals surface area (Å²) in [6.45, 7) is 0.565. The number of fused-ring (bicyclic) bond motifs is 2. The first-order valence-electron chi connectivity index (χ1n) is 7.18. The summed E-state index contributed by atoms with van der Waals surface area (Å²) in [7, 11) is 0. The van der Waals surface area contributed by atoms with Crippen molar-refractivity contribution in [2.24, 2.45) is 0 Å². The lowest BCUT2D eigenvalue weighted by Crippen LogP contribution is -2.24. The van der Waals surface area contributed by atoms with Gasteiger partial charge < -0.3 is 20.2 Å². The predicted octanol–water partition coefficient (Wildman–Crippen LogP) is 2.05. The van der Waals surface area contributed by atoms with Gasteiger partial charge in [-0.15, -0.1) is 0 Å². The molecule has 0 spiro atoms. The van der Waals surface area contributed by atoms with Crippen molar-refractivity contribution in [2.75, 3.05) is 11.9 Å². The summed E-state index contributed by atoms with van der Waals surface area (Å²) in [5, 5.41) is 18.3. The number of aromatic nitrogens is 3. The van der Waals surface area contributed by atoms with Gasteiger partial charge in [0.2, 0.25) is 5.65 Å². The molecule has 0 radical (unpaired) electrons. The molecule has 1 aliphatic rings. The molecule has 1 N–H and O–H groups in total. The van der Waals surface area contributed by atoms with Gasteiger partial charge in [0, 0.05) is 12.5 Å². The Morgan fingerprint density at radius 2 is 2.22 bits per heavy atom. The second kappa shape index (κ2) is 5.24. The monoisotopic (exact) mass is 311 g/mol. The minimum atomic E-state index is -0.506. The van der Waals surface area contributed by atoms with E-state index < -0.39 is 4.92 Å². The summed E-state index contributed by atoms with van der Waals surface area (Å²) in [5.41, 5.74) is 1.62. The van der Waals surface area contributed by atoms with Crippen molar-refractivity contribution >= 4 is 17.3 Å². The maximum Gasteiger partial charge on any atom is 0.368 e. The average Bonchev–Trinajstić information content (AvgIpc) is 3.15. The maximum absolute atomic E-state index is 10.9. The first kappa shape index (κ1) is 13.5. The van der Waals surface area contributed by atoms with Crippen LogP contribution in [-0.4, -0.2) is 32.2 Å². The number of imidazole rings is 1. The molecule has 1 aromatic carbocycles. The van der Waals surface area contributed by atoms with Gasteiger partial charge in [-0.25, -0.2) is 4.98 Å². The molecule has 1 unspecified atom stereocenters. The van der Waals surface area contributed by atoms with Crippen LogP contribution < -0.4 is 10.1 Å². The van der Waals surface area contributed by atoms with E-state index >= 15 is 0 Å². The van der Waals surface area contributed by atoms with Crippen LogP contribution in [-0.2, 0) is 6.42 Å². The second-order valence-corrected chi connectivity index (χ2v) is 5.29. The van der Waals surface area contributed by atoms with E-state index in [9.17, 15) is 10.1 Å². The number of nitrogens with zero attached hydrogens (tertiary/aromatic N) is 4. The van der Waals surface area contributed by atoms with Gasteiger partial charge in [-0.05, 0) is 22.6 Å². The van der Waals surface area contributed by atoms with E-state index in [2.05, 4.69) is 21.5 Å². The molecule has 0 saturated heterocycles. The third-order valence-corrected chi connectivity index (χ3v) is 3.76. The fourth-order valence-corrected chi connectivity index (χ4v) is 2.67. The first-order chi connectivity index (χ1) is 11.2. The normalized spacial score (nSPS) is 16.1. The van der Waals surface area contributed by atoms with Crippen molar-refractivity contribution < 1.29 is 9.66 Å². The van der Waals surface area contributed by atoms with E-state index in [1.807, 2.05) is 18.2 Å². The van der Waals surface area contributed by atoms with E-state index in [1.165, 1.54) is 16.3 Å². The number of benzene rings is 1. The Kier molecular flexibility index (Phi) is 3.07. The highest BCUT2D eigenvalue weighted by atomic mass is 16.6. The number of para-hydroxylation sites is 1. The van der Waals surface area contributed by atoms with Gasteiger partial charge in [-0.1, -0.05) is 27.8 Å². The molecule has 23 heavy (non-hydrogen) atoms. The lowest BCUT2D eigenvalue weighted by Gasteiger charge is -2.11. The van der Waals surface area contributed by atoms with Crippen LogP contribution in [0.5, 0.6) is 5.75 Å². The van der Waals surface area contributed by atoms with Crippen LogP contribution in [0.2, 0.25) is 0 Å². The van der Waals surface area contributed by atoms with Gasteiger partial charge in [0.25, 0.3) is 0 Å². The Bertz CT molecular complexity index is 867. The minimum absolute atomic E-state index is 0.0164. The van der Waals surface area contributed by atoms with Crippen LogP contribution >= 0.6 is 0 Å². The number of nitrogens with one attached hydrogen (secondary N) is 1. The summed E-state index contributed by atoms with van der Waals surface area (Å²) in [5.74, 6) is 1.29. The molecule has 0 amide bonds. The second-order valence-electron chi connectivity index (χ2n) is 5.29. The number of hydrogen-bond acceptors (Lipinski definition) is 6. The topological polar surface area (TPSA) is 94.6 Å². The predicted molar refractivity (Wildman–Crippen MR) is 82.7 cm³/mol. The van der Waals surface area contributed by atoms with Gasteiger partial charge >= 0.3 is 5.82 Å². The number of ether oxygens (including phenoxy) is 1. The number of nitro groups is 1. The van der Waals surface area contributed by atoms with Crippen molar-refractivity contribution in [3.8, 4) is 5.75 Å². The van der Waals surface area contributed by atoms with Gasteiger partial charge in [0.15, 0.2) is 5.82 Å². The molecule has 0 fully saturated rings. The van der Waals surface area contributed by atoms with Crippen LogP contribution in [0.25, 0.3) is 5.65 Å². The highest BCUT2D eigenvalue weighted by Gasteiger charge is 2.22. The minimum Gasteiger partial charge on any atom is -0.488 e. The third kappa shape index (κ3) is 2.44. The summed E-state index contributed by atoms with van der Waals surface area (Å²) in [6, 6.07) is 11.4. The summed E-state index contributed by atoms with van der Waals surface area (Å²) in [6.07, 6.45) is 2.04. The Morgan fingerprint density at radius 1 is 1.35 bits per heavy atom. The molecule has 1 atom stereocenters. The van der Waals surface area contributed by atoms with Crippen molar-refractivity contribution in [1.29, 1.82) is 0 Å². The largest absolute Gasteiger partial charge is 0.488 e. The third-order valence-electron chi connectivity index (χ3n) is 3.76. The Balaban J connectivity index is 1.49. The molecule has 8 heteroatoms. The molecule has 0 aliphatic carbocycles. The van der Waals surface area contributed by atoms with Crippen molar-refractivity contribution in [1.82, 2.24) is 14.6 Å². The number of hydrogen-bond donors (Lipinski definition) is 1. The molecular formula is C15H13N5O3. The van der Waals surface area contributed by atoms with Crippen LogP contribution in [0.1, 0.15) is 5.56 Å². The lowest BCUT2D eigenvalue weighted by atomic mass is 10.1. The van der Waals surface area contributed by atoms with Gasteiger partial charge in [-0.2, -0.15) is 0 Å². The summed E-state index contributed by atoms with van der Waals surface area (Å²) < 4.78 is 7.06.